The van der Waals surface area contributed by atoms with Gasteiger partial charge in [-0.25, -0.2) is 4.79 Å². The van der Waals surface area contributed by atoms with Crippen LogP contribution in [0.5, 0.6) is 0 Å². The summed E-state index contributed by atoms with van der Waals surface area (Å²) in [5.74, 6) is 0.340. The summed E-state index contributed by atoms with van der Waals surface area (Å²) >= 11 is 0. The number of hydrogen-bond donors (Lipinski definition) is 1. The zero-order valence-corrected chi connectivity index (χ0v) is 13.8. The lowest BCUT2D eigenvalue weighted by molar-refractivity contribution is -0.131. The molecule has 0 aliphatic carbocycles. The molecule has 1 saturated heterocycles. The van der Waals surface area contributed by atoms with Crippen molar-refractivity contribution >= 4 is 22.7 Å². The van der Waals surface area contributed by atoms with Crippen LogP contribution in [0.4, 0.5) is 4.79 Å². The molecule has 7 nitrogen and oxygen atoms in total. The van der Waals surface area contributed by atoms with Crippen LogP contribution in [-0.2, 0) is 16.9 Å². The number of benzene rings is 2. The van der Waals surface area contributed by atoms with Crippen molar-refractivity contribution in [1.82, 2.24) is 20.4 Å². The lowest BCUT2D eigenvalue weighted by Crippen LogP contribution is -2.40. The Kier molecular flexibility index (Phi) is 3.31. The zero-order valence-electron chi connectivity index (χ0n) is 13.8. The van der Waals surface area contributed by atoms with E-state index in [0.29, 0.717) is 5.82 Å². The zero-order chi connectivity index (χ0) is 17.6. The fraction of sp³-hybridized carbons (Fsp3) is 0.222. The Morgan fingerprint density at radius 3 is 2.64 bits per heavy atom. The Hall–Kier alpha value is -3.22. The molecule has 1 fully saturated rings. The number of carbonyl (C=O) groups is 2. The highest BCUT2D eigenvalue weighted by Crippen LogP contribution is 2.31. The highest BCUT2D eigenvalue weighted by molar-refractivity contribution is 6.07. The Labute approximate surface area is 143 Å². The molecule has 25 heavy (non-hydrogen) atoms. The molecule has 0 bridgehead atoms. The van der Waals surface area contributed by atoms with Crippen molar-refractivity contribution in [1.29, 1.82) is 0 Å². The predicted molar refractivity (Wildman–Crippen MR) is 89.4 cm³/mol. The summed E-state index contributed by atoms with van der Waals surface area (Å²) in [6.07, 6.45) is 0. The van der Waals surface area contributed by atoms with Gasteiger partial charge in [-0.2, -0.15) is 4.98 Å². The van der Waals surface area contributed by atoms with Crippen molar-refractivity contribution < 1.29 is 14.1 Å². The molecule has 0 radical (unpaired) electrons. The highest BCUT2D eigenvalue weighted by atomic mass is 16.5. The number of nitrogens with zero attached hydrogens (tertiary/aromatic N) is 3. The first-order chi connectivity index (χ1) is 12.0. The maximum atomic E-state index is 12.9. The second kappa shape index (κ2) is 5.41. The number of carbonyl (C=O) groups excluding carboxylic acids is 2. The van der Waals surface area contributed by atoms with Gasteiger partial charge < -0.3 is 9.84 Å². The van der Waals surface area contributed by atoms with Crippen molar-refractivity contribution in [2.45, 2.75) is 25.9 Å². The van der Waals surface area contributed by atoms with Crippen LogP contribution in [0.3, 0.4) is 0 Å². The lowest BCUT2D eigenvalue weighted by Gasteiger charge is -2.22. The first-order valence-corrected chi connectivity index (χ1v) is 7.90. The van der Waals surface area contributed by atoms with E-state index in [1.807, 2.05) is 42.5 Å². The Morgan fingerprint density at radius 2 is 1.92 bits per heavy atom. The molecule has 2 heterocycles. The number of urea groups is 1. The standard InChI is InChI=1S/C18H16N4O3/c1-11-19-15(25-21-11)10-22-16(23)18(2,20-17(22)24)14-8-7-12-5-3-4-6-13(12)9-14/h3-9H,10H2,1-2H3,(H,20,24). The van der Waals surface area contributed by atoms with E-state index in [1.165, 1.54) is 0 Å². The van der Waals surface area contributed by atoms with Crippen LogP contribution >= 0.6 is 0 Å². The molecule has 126 valence electrons. The van der Waals surface area contributed by atoms with Crippen molar-refractivity contribution in [3.8, 4) is 0 Å². The summed E-state index contributed by atoms with van der Waals surface area (Å²) in [4.78, 5) is 30.4. The number of hydrogen-bond acceptors (Lipinski definition) is 5. The van der Waals surface area contributed by atoms with Crippen LogP contribution in [0.2, 0.25) is 0 Å². The van der Waals surface area contributed by atoms with Crippen LogP contribution in [0, 0.1) is 6.92 Å². The molecule has 0 spiro atoms. The number of aromatic nitrogens is 2. The molecule has 1 aromatic heterocycles. The molecular formula is C18H16N4O3. The Bertz CT molecular complexity index is 997. The maximum Gasteiger partial charge on any atom is 0.325 e. The average molecular weight is 336 g/mol. The number of amides is 3. The molecule has 3 amide bonds. The van der Waals surface area contributed by atoms with E-state index in [1.54, 1.807) is 13.8 Å². The molecule has 3 aromatic rings. The molecule has 1 N–H and O–H groups in total. The molecule has 2 aromatic carbocycles. The van der Waals surface area contributed by atoms with Crippen molar-refractivity contribution in [3.05, 3.63) is 59.7 Å². The first kappa shape index (κ1) is 15.3. The minimum atomic E-state index is -1.13. The molecule has 1 aliphatic heterocycles. The number of fused-ring (bicyclic) bond motifs is 1. The van der Waals surface area contributed by atoms with Crippen molar-refractivity contribution in [2.24, 2.45) is 0 Å². The van der Waals surface area contributed by atoms with E-state index in [-0.39, 0.29) is 18.3 Å². The smallest absolute Gasteiger partial charge is 0.325 e. The van der Waals surface area contributed by atoms with Gasteiger partial charge in [-0.3, -0.25) is 9.69 Å². The quantitative estimate of drug-likeness (QED) is 0.742. The van der Waals surface area contributed by atoms with Gasteiger partial charge in [0.2, 0.25) is 5.89 Å². The second-order valence-corrected chi connectivity index (χ2v) is 6.24. The lowest BCUT2D eigenvalue weighted by atomic mass is 9.90. The number of rotatable bonds is 3. The third-order valence-electron chi connectivity index (χ3n) is 4.46. The van der Waals surface area contributed by atoms with Gasteiger partial charge in [0.15, 0.2) is 5.82 Å². The van der Waals surface area contributed by atoms with E-state index in [4.69, 9.17) is 4.52 Å². The Morgan fingerprint density at radius 1 is 1.16 bits per heavy atom. The fourth-order valence-electron chi connectivity index (χ4n) is 3.08. The molecule has 0 saturated carbocycles. The average Bonchev–Trinajstić information content (AvgIpc) is 3.11. The topological polar surface area (TPSA) is 88.3 Å². The van der Waals surface area contributed by atoms with E-state index in [0.717, 1.165) is 21.2 Å². The molecule has 1 unspecified atom stereocenters. The summed E-state index contributed by atoms with van der Waals surface area (Å²) in [5.41, 5.74) is -0.398. The fourth-order valence-corrected chi connectivity index (χ4v) is 3.08. The predicted octanol–water partition coefficient (Wildman–Crippen LogP) is 2.50. The van der Waals surface area contributed by atoms with Gasteiger partial charge in [-0.05, 0) is 36.2 Å². The number of aryl methyl sites for hydroxylation is 1. The van der Waals surface area contributed by atoms with Gasteiger partial charge in [-0.15, -0.1) is 0 Å². The molecule has 4 rings (SSSR count). The molecule has 1 aliphatic rings. The van der Waals surface area contributed by atoms with Crippen LogP contribution in [0.25, 0.3) is 10.8 Å². The SMILES string of the molecule is Cc1noc(CN2C(=O)NC(C)(c3ccc4ccccc4c3)C2=O)n1. The maximum absolute atomic E-state index is 12.9. The largest absolute Gasteiger partial charge is 0.337 e. The van der Waals surface area contributed by atoms with Gasteiger partial charge in [0.05, 0.1) is 0 Å². The normalized spacial score (nSPS) is 20.3. The third-order valence-corrected chi connectivity index (χ3v) is 4.46. The third kappa shape index (κ3) is 2.44. The second-order valence-electron chi connectivity index (χ2n) is 6.24. The van der Waals surface area contributed by atoms with Crippen LogP contribution < -0.4 is 5.32 Å². The van der Waals surface area contributed by atoms with Crippen LogP contribution in [0.15, 0.2) is 47.0 Å². The van der Waals surface area contributed by atoms with Crippen molar-refractivity contribution in [2.75, 3.05) is 0 Å². The van der Waals surface area contributed by atoms with Gasteiger partial charge in [-0.1, -0.05) is 41.6 Å². The van der Waals surface area contributed by atoms with E-state index >= 15 is 0 Å². The van der Waals surface area contributed by atoms with Crippen LogP contribution in [-0.4, -0.2) is 27.0 Å². The van der Waals surface area contributed by atoms with Gasteiger partial charge in [0.1, 0.15) is 12.1 Å². The monoisotopic (exact) mass is 336 g/mol. The summed E-state index contributed by atoms with van der Waals surface area (Å²) in [5, 5.41) is 8.55. The van der Waals surface area contributed by atoms with Crippen LogP contribution in [0.1, 0.15) is 24.2 Å². The number of nitrogens with one attached hydrogen (secondary N) is 1. The molecule has 1 atom stereocenters. The Balaban J connectivity index is 1.68. The van der Waals surface area contributed by atoms with Gasteiger partial charge in [0, 0.05) is 0 Å². The molecule has 7 heteroatoms. The minimum Gasteiger partial charge on any atom is -0.337 e. The van der Waals surface area contributed by atoms with E-state index in [9.17, 15) is 9.59 Å². The van der Waals surface area contributed by atoms with Gasteiger partial charge in [0.25, 0.3) is 5.91 Å². The highest BCUT2D eigenvalue weighted by Gasteiger charge is 2.49. The number of imide groups is 1. The summed E-state index contributed by atoms with van der Waals surface area (Å²) in [6.45, 7) is 3.34. The summed E-state index contributed by atoms with van der Waals surface area (Å²) in [7, 11) is 0. The summed E-state index contributed by atoms with van der Waals surface area (Å²) in [6, 6.07) is 13.1. The van der Waals surface area contributed by atoms with E-state index < -0.39 is 11.6 Å². The first-order valence-electron chi connectivity index (χ1n) is 7.90. The minimum absolute atomic E-state index is 0.0469. The van der Waals surface area contributed by atoms with Crippen molar-refractivity contribution in [3.63, 3.8) is 0 Å². The summed E-state index contributed by atoms with van der Waals surface area (Å²) < 4.78 is 5.02. The van der Waals surface area contributed by atoms with E-state index in [2.05, 4.69) is 15.5 Å². The van der Waals surface area contributed by atoms with Gasteiger partial charge >= 0.3 is 6.03 Å². The molecular weight excluding hydrogens is 320 g/mol.